The van der Waals surface area contributed by atoms with Gasteiger partial charge < -0.3 is 20.3 Å². The van der Waals surface area contributed by atoms with E-state index in [4.69, 9.17) is 10.5 Å². The molecule has 2 unspecified atom stereocenters. The Labute approximate surface area is 116 Å². The van der Waals surface area contributed by atoms with E-state index < -0.39 is 0 Å². The summed E-state index contributed by atoms with van der Waals surface area (Å²) in [5.74, 6) is 0.744. The smallest absolute Gasteiger partial charge is 0.320 e. The molecule has 0 aromatic carbocycles. The van der Waals surface area contributed by atoms with E-state index in [2.05, 4.69) is 6.92 Å². The highest BCUT2D eigenvalue weighted by Crippen LogP contribution is 2.23. The van der Waals surface area contributed by atoms with E-state index in [1.54, 1.807) is 7.11 Å². The minimum Gasteiger partial charge on any atom is -0.381 e. The zero-order chi connectivity index (χ0) is 13.8. The Morgan fingerprint density at radius 2 is 1.95 bits per heavy atom. The molecule has 0 aromatic heterocycles. The summed E-state index contributed by atoms with van der Waals surface area (Å²) in [6, 6.07) is 0.308. The van der Waals surface area contributed by atoms with Crippen LogP contribution < -0.4 is 5.73 Å². The van der Waals surface area contributed by atoms with Crippen LogP contribution in [0.3, 0.4) is 0 Å². The van der Waals surface area contributed by atoms with Crippen LogP contribution in [0.15, 0.2) is 0 Å². The number of hydrogen-bond donors (Lipinski definition) is 1. The fourth-order valence-corrected chi connectivity index (χ4v) is 3.09. The van der Waals surface area contributed by atoms with Gasteiger partial charge in [0.2, 0.25) is 0 Å². The average Bonchev–Trinajstić information content (AvgIpc) is 2.46. The zero-order valence-electron chi connectivity index (χ0n) is 12.2. The van der Waals surface area contributed by atoms with Crippen LogP contribution in [-0.2, 0) is 4.74 Å². The highest BCUT2D eigenvalue weighted by molar-refractivity contribution is 5.75. The topological polar surface area (TPSA) is 58.8 Å². The molecule has 2 heterocycles. The van der Waals surface area contributed by atoms with Crippen LogP contribution in [0.2, 0.25) is 0 Å². The van der Waals surface area contributed by atoms with Gasteiger partial charge in [-0.2, -0.15) is 0 Å². The lowest BCUT2D eigenvalue weighted by Gasteiger charge is -2.42. The highest BCUT2D eigenvalue weighted by Gasteiger charge is 2.33. The molecule has 0 saturated carbocycles. The molecule has 2 N–H and O–H groups in total. The molecule has 2 aliphatic rings. The molecule has 5 nitrogen and oxygen atoms in total. The van der Waals surface area contributed by atoms with Crippen molar-refractivity contribution >= 4 is 6.03 Å². The summed E-state index contributed by atoms with van der Waals surface area (Å²) >= 11 is 0. The minimum absolute atomic E-state index is 0.130. The van der Waals surface area contributed by atoms with Gasteiger partial charge in [0.15, 0.2) is 0 Å². The summed E-state index contributed by atoms with van der Waals surface area (Å²) in [5.41, 5.74) is 5.83. The predicted molar refractivity (Wildman–Crippen MR) is 74.9 cm³/mol. The van der Waals surface area contributed by atoms with E-state index in [-0.39, 0.29) is 18.2 Å². The second-order valence-electron chi connectivity index (χ2n) is 5.92. The second-order valence-corrected chi connectivity index (χ2v) is 5.92. The quantitative estimate of drug-likeness (QED) is 0.821. The summed E-state index contributed by atoms with van der Waals surface area (Å²) in [6.45, 7) is 5.33. The first kappa shape index (κ1) is 14.6. The normalized spacial score (nSPS) is 29.6. The average molecular weight is 269 g/mol. The number of nitrogens with zero attached hydrogens (tertiary/aromatic N) is 2. The number of nitrogens with two attached hydrogens (primary N) is 1. The first-order valence-corrected chi connectivity index (χ1v) is 7.44. The summed E-state index contributed by atoms with van der Waals surface area (Å²) in [7, 11) is 1.74. The number of urea groups is 1. The van der Waals surface area contributed by atoms with Crippen molar-refractivity contribution in [3.8, 4) is 0 Å². The molecule has 2 fully saturated rings. The molecule has 2 rings (SSSR count). The van der Waals surface area contributed by atoms with Gasteiger partial charge in [-0.15, -0.1) is 0 Å². The van der Waals surface area contributed by atoms with E-state index in [0.29, 0.717) is 6.54 Å². The lowest BCUT2D eigenvalue weighted by molar-refractivity contribution is 0.0187. The van der Waals surface area contributed by atoms with E-state index >= 15 is 0 Å². The van der Waals surface area contributed by atoms with Gasteiger partial charge in [-0.1, -0.05) is 6.92 Å². The molecule has 0 aromatic rings. The molecular weight excluding hydrogens is 242 g/mol. The summed E-state index contributed by atoms with van der Waals surface area (Å²) in [4.78, 5) is 16.5. The van der Waals surface area contributed by atoms with Gasteiger partial charge in [-0.3, -0.25) is 0 Å². The van der Waals surface area contributed by atoms with Crippen molar-refractivity contribution in [2.24, 2.45) is 11.7 Å². The van der Waals surface area contributed by atoms with Gasteiger partial charge in [-0.25, -0.2) is 4.79 Å². The van der Waals surface area contributed by atoms with Crippen molar-refractivity contribution in [1.82, 2.24) is 9.80 Å². The lowest BCUT2D eigenvalue weighted by Crippen LogP contribution is -2.56. The summed E-state index contributed by atoms with van der Waals surface area (Å²) in [5, 5.41) is 0. The molecular formula is C14H27N3O2. The van der Waals surface area contributed by atoms with E-state index in [1.807, 2.05) is 9.80 Å². The van der Waals surface area contributed by atoms with E-state index in [1.165, 1.54) is 0 Å². The molecule has 2 aliphatic heterocycles. The van der Waals surface area contributed by atoms with Crippen molar-refractivity contribution in [3.05, 3.63) is 0 Å². The Kier molecular flexibility index (Phi) is 5.05. The fraction of sp³-hybridized carbons (Fsp3) is 0.929. The maximum absolute atomic E-state index is 12.6. The number of methoxy groups -OCH3 is 1. The van der Waals surface area contributed by atoms with Crippen molar-refractivity contribution in [3.63, 3.8) is 0 Å². The molecule has 2 amide bonds. The third-order valence-electron chi connectivity index (χ3n) is 4.57. The third kappa shape index (κ3) is 3.39. The van der Waals surface area contributed by atoms with Gasteiger partial charge in [0, 0.05) is 39.3 Å². The number of amides is 2. The molecule has 0 bridgehead atoms. The van der Waals surface area contributed by atoms with Crippen LogP contribution in [0.25, 0.3) is 0 Å². The second kappa shape index (κ2) is 6.57. The van der Waals surface area contributed by atoms with Crippen LogP contribution in [0.5, 0.6) is 0 Å². The van der Waals surface area contributed by atoms with E-state index in [0.717, 1.165) is 51.2 Å². The van der Waals surface area contributed by atoms with Crippen LogP contribution in [0, 0.1) is 5.92 Å². The van der Waals surface area contributed by atoms with Crippen molar-refractivity contribution in [1.29, 1.82) is 0 Å². The van der Waals surface area contributed by atoms with Gasteiger partial charge >= 0.3 is 6.03 Å². The largest absolute Gasteiger partial charge is 0.381 e. The maximum atomic E-state index is 12.6. The number of carbonyl (C=O) groups is 1. The fourth-order valence-electron chi connectivity index (χ4n) is 3.09. The van der Waals surface area contributed by atoms with Crippen molar-refractivity contribution < 1.29 is 9.53 Å². The predicted octanol–water partition coefficient (Wildman–Crippen LogP) is 1.28. The molecule has 0 aliphatic carbocycles. The van der Waals surface area contributed by atoms with E-state index in [9.17, 15) is 4.79 Å². The number of piperidine rings is 2. The van der Waals surface area contributed by atoms with Gasteiger partial charge in [0.25, 0.3) is 0 Å². The molecule has 0 radical (unpaired) electrons. The Hall–Kier alpha value is -0.810. The van der Waals surface area contributed by atoms with Crippen LogP contribution in [0.1, 0.15) is 32.6 Å². The molecule has 110 valence electrons. The minimum atomic E-state index is 0.130. The Balaban J connectivity index is 1.94. The first-order chi connectivity index (χ1) is 9.15. The Morgan fingerprint density at radius 1 is 1.26 bits per heavy atom. The number of rotatable bonds is 2. The van der Waals surface area contributed by atoms with Crippen molar-refractivity contribution in [2.45, 2.75) is 44.8 Å². The van der Waals surface area contributed by atoms with Gasteiger partial charge in [-0.05, 0) is 31.6 Å². The molecule has 0 spiro atoms. The molecule has 2 atom stereocenters. The Bertz CT molecular complexity index is 303. The number of hydrogen-bond acceptors (Lipinski definition) is 3. The number of carbonyl (C=O) groups excluding carboxylic acids is 1. The number of ether oxygens (including phenoxy) is 1. The lowest BCUT2D eigenvalue weighted by atomic mass is 9.98. The van der Waals surface area contributed by atoms with Gasteiger partial charge in [0.05, 0.1) is 6.10 Å². The van der Waals surface area contributed by atoms with Crippen molar-refractivity contribution in [2.75, 3.05) is 33.3 Å². The molecule has 2 saturated heterocycles. The van der Waals surface area contributed by atoms with Crippen LogP contribution in [-0.4, -0.2) is 61.3 Å². The summed E-state index contributed by atoms with van der Waals surface area (Å²) < 4.78 is 5.40. The third-order valence-corrected chi connectivity index (χ3v) is 4.57. The summed E-state index contributed by atoms with van der Waals surface area (Å²) in [6.07, 6.45) is 4.27. The van der Waals surface area contributed by atoms with Gasteiger partial charge in [0.1, 0.15) is 0 Å². The highest BCUT2D eigenvalue weighted by atomic mass is 16.5. The van der Waals surface area contributed by atoms with Crippen LogP contribution in [0.4, 0.5) is 4.79 Å². The Morgan fingerprint density at radius 3 is 2.53 bits per heavy atom. The maximum Gasteiger partial charge on any atom is 0.320 e. The monoisotopic (exact) mass is 269 g/mol. The first-order valence-electron chi connectivity index (χ1n) is 7.44. The SMILES string of the molecule is COC1CCN(C(=O)N2CCC(C)CC2)C(CN)C1. The number of likely N-dealkylation sites (tertiary alicyclic amines) is 2. The standard InChI is InChI=1S/C14H27N3O2/c1-11-3-6-16(7-4-11)14(18)17-8-5-13(19-2)9-12(17)10-15/h11-13H,3-10,15H2,1-2H3. The molecule has 19 heavy (non-hydrogen) atoms. The zero-order valence-corrected chi connectivity index (χ0v) is 12.2. The van der Waals surface area contributed by atoms with Crippen LogP contribution >= 0.6 is 0 Å². The molecule has 5 heteroatoms.